The molecule has 106 valence electrons. The summed E-state index contributed by atoms with van der Waals surface area (Å²) in [4.78, 5) is 4.23. The highest BCUT2D eigenvalue weighted by atomic mass is 16.5. The van der Waals surface area contributed by atoms with Gasteiger partial charge in [0.05, 0.1) is 6.10 Å². The van der Waals surface area contributed by atoms with E-state index in [1.165, 1.54) is 12.8 Å². The molecule has 2 heterocycles. The highest BCUT2D eigenvalue weighted by Crippen LogP contribution is 2.51. The van der Waals surface area contributed by atoms with Crippen molar-refractivity contribution in [3.05, 3.63) is 11.7 Å². The first-order valence-electron chi connectivity index (χ1n) is 7.23. The summed E-state index contributed by atoms with van der Waals surface area (Å²) < 4.78 is 11.0. The van der Waals surface area contributed by atoms with Crippen molar-refractivity contribution in [3.63, 3.8) is 0 Å². The lowest BCUT2D eigenvalue weighted by molar-refractivity contribution is -0.192. The third kappa shape index (κ3) is 2.30. The second-order valence-electron chi connectivity index (χ2n) is 6.34. The number of hydrogen-bond donors (Lipinski definition) is 1. The van der Waals surface area contributed by atoms with Gasteiger partial charge < -0.3 is 14.6 Å². The molecule has 5 heteroatoms. The first-order valence-corrected chi connectivity index (χ1v) is 7.23. The fraction of sp³-hybridized carbons (Fsp3) is 0.857. The van der Waals surface area contributed by atoms with Crippen LogP contribution in [0.15, 0.2) is 4.52 Å². The van der Waals surface area contributed by atoms with Crippen LogP contribution in [0.25, 0.3) is 0 Å². The molecule has 3 unspecified atom stereocenters. The van der Waals surface area contributed by atoms with Gasteiger partial charge in [0.25, 0.3) is 0 Å². The van der Waals surface area contributed by atoms with Crippen LogP contribution in [0.3, 0.4) is 0 Å². The average Bonchev–Trinajstić information content (AvgIpc) is 2.80. The Kier molecular flexibility index (Phi) is 3.35. The van der Waals surface area contributed by atoms with Crippen molar-refractivity contribution in [2.24, 2.45) is 11.3 Å². The van der Waals surface area contributed by atoms with Crippen LogP contribution in [0.2, 0.25) is 0 Å². The molecule has 0 spiro atoms. The van der Waals surface area contributed by atoms with Crippen LogP contribution in [0.1, 0.15) is 38.4 Å². The van der Waals surface area contributed by atoms with Crippen LogP contribution < -0.4 is 5.32 Å². The Bertz CT molecular complexity index is 444. The summed E-state index contributed by atoms with van der Waals surface area (Å²) in [5, 5.41) is 7.47. The molecule has 1 N–H and O–H groups in total. The van der Waals surface area contributed by atoms with E-state index in [-0.39, 0.29) is 5.41 Å². The number of aromatic nitrogens is 2. The summed E-state index contributed by atoms with van der Waals surface area (Å²) in [5.74, 6) is 2.10. The molecule has 1 aromatic heterocycles. The van der Waals surface area contributed by atoms with Gasteiger partial charge in [0.15, 0.2) is 5.82 Å². The zero-order valence-corrected chi connectivity index (χ0v) is 12.0. The summed E-state index contributed by atoms with van der Waals surface area (Å²) >= 11 is 0. The molecule has 1 aliphatic carbocycles. The van der Waals surface area contributed by atoms with Crippen molar-refractivity contribution < 1.29 is 9.26 Å². The Morgan fingerprint density at radius 1 is 1.42 bits per heavy atom. The van der Waals surface area contributed by atoms with Gasteiger partial charge in [-0.3, -0.25) is 0 Å². The molecule has 3 atom stereocenters. The Morgan fingerprint density at radius 3 is 3.00 bits per heavy atom. The summed E-state index contributed by atoms with van der Waals surface area (Å²) in [7, 11) is 0. The SMILES string of the molecule is Cc1noc(CCNC2C3CCCOC3C2(C)C)n1. The predicted molar refractivity (Wildman–Crippen MR) is 70.8 cm³/mol. The van der Waals surface area contributed by atoms with Gasteiger partial charge in [-0.25, -0.2) is 0 Å². The summed E-state index contributed by atoms with van der Waals surface area (Å²) in [6.45, 7) is 8.26. The predicted octanol–water partition coefficient (Wildman–Crippen LogP) is 1.71. The molecule has 1 saturated carbocycles. The summed E-state index contributed by atoms with van der Waals surface area (Å²) in [6.07, 6.45) is 3.71. The second kappa shape index (κ2) is 4.87. The number of ether oxygens (including phenoxy) is 1. The lowest BCUT2D eigenvalue weighted by atomic mass is 9.55. The molecular weight excluding hydrogens is 242 g/mol. The molecule has 2 aliphatic rings. The van der Waals surface area contributed by atoms with Crippen LogP contribution >= 0.6 is 0 Å². The van der Waals surface area contributed by atoms with Crippen LogP contribution in [-0.2, 0) is 11.2 Å². The zero-order valence-electron chi connectivity index (χ0n) is 12.0. The van der Waals surface area contributed by atoms with E-state index in [0.29, 0.717) is 23.9 Å². The molecular formula is C14H23N3O2. The van der Waals surface area contributed by atoms with Crippen molar-refractivity contribution in [1.82, 2.24) is 15.5 Å². The zero-order chi connectivity index (χ0) is 13.5. The smallest absolute Gasteiger partial charge is 0.227 e. The number of fused-ring (bicyclic) bond motifs is 1. The highest BCUT2D eigenvalue weighted by Gasteiger charge is 2.57. The quantitative estimate of drug-likeness (QED) is 0.898. The van der Waals surface area contributed by atoms with Crippen molar-refractivity contribution in [1.29, 1.82) is 0 Å². The molecule has 19 heavy (non-hydrogen) atoms. The molecule has 3 rings (SSSR count). The summed E-state index contributed by atoms with van der Waals surface area (Å²) in [5.41, 5.74) is 0.232. The van der Waals surface area contributed by atoms with Crippen LogP contribution in [0, 0.1) is 18.3 Å². The molecule has 0 aromatic carbocycles. The molecule has 1 aromatic rings. The largest absolute Gasteiger partial charge is 0.377 e. The molecule has 1 aliphatic heterocycles. The van der Waals surface area contributed by atoms with Crippen molar-refractivity contribution in [2.45, 2.75) is 52.2 Å². The summed E-state index contributed by atoms with van der Waals surface area (Å²) in [6, 6.07) is 0.543. The first kappa shape index (κ1) is 13.1. The van der Waals surface area contributed by atoms with Gasteiger partial charge in [-0.2, -0.15) is 4.98 Å². The van der Waals surface area contributed by atoms with E-state index in [2.05, 4.69) is 29.3 Å². The third-order valence-electron chi connectivity index (χ3n) is 4.60. The first-order chi connectivity index (χ1) is 9.09. The number of nitrogens with one attached hydrogen (secondary N) is 1. The minimum atomic E-state index is 0.232. The minimum absolute atomic E-state index is 0.232. The van der Waals surface area contributed by atoms with Crippen molar-refractivity contribution in [3.8, 4) is 0 Å². The van der Waals surface area contributed by atoms with Gasteiger partial charge in [0.2, 0.25) is 5.89 Å². The van der Waals surface area contributed by atoms with Crippen LogP contribution in [0.5, 0.6) is 0 Å². The lowest BCUT2D eigenvalue weighted by Crippen LogP contribution is -2.69. The van der Waals surface area contributed by atoms with E-state index in [0.717, 1.165) is 25.5 Å². The number of aryl methyl sites for hydroxylation is 1. The maximum Gasteiger partial charge on any atom is 0.227 e. The Balaban J connectivity index is 1.52. The third-order valence-corrected chi connectivity index (χ3v) is 4.60. The molecule has 0 bridgehead atoms. The molecule has 0 radical (unpaired) electrons. The maximum absolute atomic E-state index is 5.91. The Labute approximate surface area is 114 Å². The monoisotopic (exact) mass is 265 g/mol. The molecule has 0 amide bonds. The number of nitrogens with zero attached hydrogens (tertiary/aromatic N) is 2. The topological polar surface area (TPSA) is 60.2 Å². The lowest BCUT2D eigenvalue weighted by Gasteiger charge is -2.60. The van der Waals surface area contributed by atoms with Gasteiger partial charge in [-0.1, -0.05) is 19.0 Å². The maximum atomic E-state index is 5.91. The van der Waals surface area contributed by atoms with E-state index in [9.17, 15) is 0 Å². The van der Waals surface area contributed by atoms with Gasteiger partial charge in [0.1, 0.15) is 0 Å². The van der Waals surface area contributed by atoms with Gasteiger partial charge in [-0.05, 0) is 19.8 Å². The fourth-order valence-electron chi connectivity index (χ4n) is 3.71. The van der Waals surface area contributed by atoms with E-state index in [1.807, 2.05) is 6.92 Å². The van der Waals surface area contributed by atoms with Crippen molar-refractivity contribution >= 4 is 0 Å². The van der Waals surface area contributed by atoms with E-state index < -0.39 is 0 Å². The van der Waals surface area contributed by atoms with Gasteiger partial charge >= 0.3 is 0 Å². The fourth-order valence-corrected chi connectivity index (χ4v) is 3.71. The highest BCUT2D eigenvalue weighted by molar-refractivity contribution is 5.10. The van der Waals surface area contributed by atoms with E-state index >= 15 is 0 Å². The standard InChI is InChI=1S/C14H23N3O2/c1-9-16-11(19-17-9)6-7-15-12-10-5-4-8-18-13(10)14(12,2)3/h10,12-13,15H,4-8H2,1-3H3. The number of rotatable bonds is 4. The van der Waals surface area contributed by atoms with E-state index in [1.54, 1.807) is 0 Å². The minimum Gasteiger partial charge on any atom is -0.377 e. The average molecular weight is 265 g/mol. The normalized spacial score (nSPS) is 32.7. The second-order valence-corrected chi connectivity index (χ2v) is 6.34. The number of hydrogen-bond acceptors (Lipinski definition) is 5. The molecule has 1 saturated heterocycles. The Morgan fingerprint density at radius 2 is 2.26 bits per heavy atom. The van der Waals surface area contributed by atoms with Crippen molar-refractivity contribution in [2.75, 3.05) is 13.2 Å². The van der Waals surface area contributed by atoms with E-state index in [4.69, 9.17) is 9.26 Å². The van der Waals surface area contributed by atoms with Gasteiger partial charge in [-0.15, -0.1) is 0 Å². The van der Waals surface area contributed by atoms with Crippen LogP contribution in [-0.4, -0.2) is 35.4 Å². The molecule has 5 nitrogen and oxygen atoms in total. The molecule has 2 fully saturated rings. The van der Waals surface area contributed by atoms with Gasteiger partial charge in [0, 0.05) is 36.9 Å². The van der Waals surface area contributed by atoms with Crippen LogP contribution in [0.4, 0.5) is 0 Å². The Hall–Kier alpha value is -0.940.